The number of hydrogen-bond acceptors (Lipinski definition) is 5. The molecule has 2 aromatic carbocycles. The Morgan fingerprint density at radius 3 is 2.47 bits per heavy atom. The molecule has 4 rings (SSSR count). The fraction of sp³-hybridized carbons (Fsp3) is 0.333. The van der Waals surface area contributed by atoms with Crippen molar-refractivity contribution in [2.45, 2.75) is 51.2 Å². The van der Waals surface area contributed by atoms with E-state index >= 15 is 0 Å². The van der Waals surface area contributed by atoms with Gasteiger partial charge in [0, 0.05) is 12.2 Å². The average molecular weight is 450 g/mol. The standard InChI is InChI=1S/C24H27N5O2S/c1-5-14-28-21(31)18-8-6-7-9-19(18)29-22(28)26-27-23(29)32-15-20(30)25-17-12-10-16(11-13-17)24(2,3)4/h6-13H,5,14-15H2,1-4H3,(H,25,30). The first kappa shape index (κ1) is 22.1. The number of nitrogens with one attached hydrogen (secondary N) is 1. The van der Waals surface area contributed by atoms with E-state index in [-0.39, 0.29) is 22.6 Å². The molecule has 0 fully saturated rings. The van der Waals surface area contributed by atoms with Crippen LogP contribution in [0.25, 0.3) is 16.7 Å². The Morgan fingerprint density at radius 1 is 1.06 bits per heavy atom. The molecule has 0 aliphatic carbocycles. The Balaban J connectivity index is 1.57. The summed E-state index contributed by atoms with van der Waals surface area (Å²) < 4.78 is 3.51. The van der Waals surface area contributed by atoms with E-state index < -0.39 is 0 Å². The number of anilines is 1. The van der Waals surface area contributed by atoms with Crippen molar-refractivity contribution >= 4 is 40.0 Å². The molecule has 2 aromatic heterocycles. The lowest BCUT2D eigenvalue weighted by atomic mass is 9.87. The van der Waals surface area contributed by atoms with Crippen molar-refractivity contribution in [2.75, 3.05) is 11.1 Å². The van der Waals surface area contributed by atoms with E-state index in [4.69, 9.17) is 0 Å². The number of carbonyl (C=O) groups excluding carboxylic acids is 1. The van der Waals surface area contributed by atoms with Gasteiger partial charge in [0.2, 0.25) is 11.7 Å². The highest BCUT2D eigenvalue weighted by atomic mass is 32.2. The summed E-state index contributed by atoms with van der Waals surface area (Å²) in [6.07, 6.45) is 0.805. The molecular weight excluding hydrogens is 422 g/mol. The van der Waals surface area contributed by atoms with Crippen LogP contribution in [0.3, 0.4) is 0 Å². The number of para-hydroxylation sites is 1. The number of benzene rings is 2. The van der Waals surface area contributed by atoms with Gasteiger partial charge >= 0.3 is 0 Å². The molecule has 7 nitrogen and oxygen atoms in total. The largest absolute Gasteiger partial charge is 0.325 e. The van der Waals surface area contributed by atoms with Gasteiger partial charge in [-0.25, -0.2) is 0 Å². The molecule has 0 atom stereocenters. The van der Waals surface area contributed by atoms with Crippen molar-refractivity contribution in [1.82, 2.24) is 19.2 Å². The molecule has 0 aliphatic heterocycles. The quantitative estimate of drug-likeness (QED) is 0.439. The van der Waals surface area contributed by atoms with Crippen LogP contribution in [0.4, 0.5) is 5.69 Å². The number of nitrogens with zero attached hydrogens (tertiary/aromatic N) is 4. The van der Waals surface area contributed by atoms with Crippen LogP contribution in [-0.2, 0) is 16.8 Å². The van der Waals surface area contributed by atoms with Gasteiger partial charge in [0.25, 0.3) is 5.56 Å². The predicted molar refractivity (Wildman–Crippen MR) is 130 cm³/mol. The van der Waals surface area contributed by atoms with E-state index in [9.17, 15) is 9.59 Å². The van der Waals surface area contributed by atoms with E-state index in [0.717, 1.165) is 17.6 Å². The van der Waals surface area contributed by atoms with Crippen LogP contribution in [0.1, 0.15) is 39.7 Å². The van der Waals surface area contributed by atoms with Crippen molar-refractivity contribution < 1.29 is 4.79 Å². The maximum absolute atomic E-state index is 12.9. The SMILES string of the molecule is CCCn1c(=O)c2ccccc2n2c(SCC(=O)Nc3ccc(C(C)(C)C)cc3)nnc12. The Kier molecular flexibility index (Phi) is 6.06. The fourth-order valence-electron chi connectivity index (χ4n) is 3.63. The molecule has 0 aliphatic rings. The topological polar surface area (TPSA) is 81.3 Å². The zero-order chi connectivity index (χ0) is 22.9. The number of rotatable bonds is 6. The van der Waals surface area contributed by atoms with Crippen LogP contribution >= 0.6 is 11.8 Å². The molecule has 166 valence electrons. The lowest BCUT2D eigenvalue weighted by Crippen LogP contribution is -2.23. The molecular formula is C24H27N5O2S. The Morgan fingerprint density at radius 2 is 1.78 bits per heavy atom. The molecule has 1 N–H and O–H groups in total. The number of hydrogen-bond donors (Lipinski definition) is 1. The Hall–Kier alpha value is -3.13. The van der Waals surface area contributed by atoms with Gasteiger partial charge in [0.1, 0.15) is 0 Å². The average Bonchev–Trinajstić information content (AvgIpc) is 3.19. The summed E-state index contributed by atoms with van der Waals surface area (Å²) in [5.74, 6) is 0.556. The van der Waals surface area contributed by atoms with Crippen LogP contribution in [0.2, 0.25) is 0 Å². The number of aromatic nitrogens is 4. The maximum Gasteiger partial charge on any atom is 0.262 e. The van der Waals surface area contributed by atoms with Crippen LogP contribution in [0.15, 0.2) is 58.5 Å². The molecule has 1 amide bonds. The number of thioether (sulfide) groups is 1. The highest BCUT2D eigenvalue weighted by Crippen LogP contribution is 2.24. The first-order valence-corrected chi connectivity index (χ1v) is 11.7. The number of fused-ring (bicyclic) bond motifs is 3. The van der Waals surface area contributed by atoms with Gasteiger partial charge < -0.3 is 5.32 Å². The first-order valence-electron chi connectivity index (χ1n) is 10.7. The second-order valence-corrected chi connectivity index (χ2v) is 9.70. The second-order valence-electron chi connectivity index (χ2n) is 8.76. The highest BCUT2D eigenvalue weighted by Gasteiger charge is 2.17. The Bertz CT molecular complexity index is 1330. The lowest BCUT2D eigenvalue weighted by Gasteiger charge is -2.19. The third kappa shape index (κ3) is 4.27. The molecule has 0 saturated carbocycles. The van der Waals surface area contributed by atoms with Crippen molar-refractivity contribution in [3.63, 3.8) is 0 Å². The molecule has 4 aromatic rings. The van der Waals surface area contributed by atoms with Gasteiger partial charge in [0.05, 0.1) is 16.7 Å². The van der Waals surface area contributed by atoms with Crippen LogP contribution in [-0.4, -0.2) is 30.8 Å². The minimum Gasteiger partial charge on any atom is -0.325 e. The number of aryl methyl sites for hydroxylation is 1. The molecule has 0 unspecified atom stereocenters. The van der Waals surface area contributed by atoms with Crippen molar-refractivity contribution in [1.29, 1.82) is 0 Å². The summed E-state index contributed by atoms with van der Waals surface area (Å²) in [6.45, 7) is 9.04. The smallest absolute Gasteiger partial charge is 0.262 e. The minimum atomic E-state index is -0.124. The monoisotopic (exact) mass is 449 g/mol. The summed E-state index contributed by atoms with van der Waals surface area (Å²) in [5, 5.41) is 12.7. The van der Waals surface area contributed by atoms with Crippen LogP contribution < -0.4 is 10.9 Å². The van der Waals surface area contributed by atoms with Gasteiger partial charge in [-0.3, -0.25) is 18.6 Å². The normalized spacial score (nSPS) is 11.9. The van der Waals surface area contributed by atoms with Crippen molar-refractivity contribution in [2.24, 2.45) is 0 Å². The summed E-state index contributed by atoms with van der Waals surface area (Å²) in [5.41, 5.74) is 2.71. The summed E-state index contributed by atoms with van der Waals surface area (Å²) in [7, 11) is 0. The fourth-order valence-corrected chi connectivity index (χ4v) is 4.37. The van der Waals surface area contributed by atoms with E-state index in [0.29, 0.717) is 22.9 Å². The summed E-state index contributed by atoms with van der Waals surface area (Å²) in [6, 6.07) is 15.3. The number of carbonyl (C=O) groups is 1. The van der Waals surface area contributed by atoms with Gasteiger partial charge in [-0.15, -0.1) is 10.2 Å². The van der Waals surface area contributed by atoms with Crippen molar-refractivity contribution in [3.05, 3.63) is 64.4 Å². The van der Waals surface area contributed by atoms with E-state index in [1.807, 2.05) is 59.9 Å². The van der Waals surface area contributed by atoms with Crippen molar-refractivity contribution in [3.8, 4) is 0 Å². The third-order valence-electron chi connectivity index (χ3n) is 5.29. The maximum atomic E-state index is 12.9. The predicted octanol–water partition coefficient (Wildman–Crippen LogP) is 4.48. The van der Waals surface area contributed by atoms with Gasteiger partial charge in [-0.1, -0.05) is 63.7 Å². The van der Waals surface area contributed by atoms with E-state index in [1.54, 1.807) is 4.57 Å². The highest BCUT2D eigenvalue weighted by molar-refractivity contribution is 7.99. The zero-order valence-electron chi connectivity index (χ0n) is 18.8. The van der Waals surface area contributed by atoms with Gasteiger partial charge in [-0.2, -0.15) is 0 Å². The molecule has 0 radical (unpaired) electrons. The Labute approximate surface area is 190 Å². The molecule has 8 heteroatoms. The molecule has 2 heterocycles. The molecule has 0 saturated heterocycles. The molecule has 32 heavy (non-hydrogen) atoms. The number of amides is 1. The van der Waals surface area contributed by atoms with Crippen LogP contribution in [0, 0.1) is 0 Å². The summed E-state index contributed by atoms with van der Waals surface area (Å²) in [4.78, 5) is 25.5. The zero-order valence-corrected chi connectivity index (χ0v) is 19.6. The molecule has 0 bridgehead atoms. The molecule has 0 spiro atoms. The van der Waals surface area contributed by atoms with Gasteiger partial charge in [-0.05, 0) is 41.7 Å². The third-order valence-corrected chi connectivity index (χ3v) is 6.22. The first-order chi connectivity index (χ1) is 15.3. The minimum absolute atomic E-state index is 0.0640. The van der Waals surface area contributed by atoms with E-state index in [2.05, 4.69) is 36.3 Å². The van der Waals surface area contributed by atoms with E-state index in [1.165, 1.54) is 17.3 Å². The summed E-state index contributed by atoms with van der Waals surface area (Å²) >= 11 is 1.30. The van der Waals surface area contributed by atoms with Crippen LogP contribution in [0.5, 0.6) is 0 Å². The van der Waals surface area contributed by atoms with Gasteiger partial charge in [0.15, 0.2) is 5.16 Å². The second kappa shape index (κ2) is 8.78. The lowest BCUT2D eigenvalue weighted by molar-refractivity contribution is -0.113.